The lowest BCUT2D eigenvalue weighted by atomic mass is 10.1. The van der Waals surface area contributed by atoms with Gasteiger partial charge < -0.3 is 26.6 Å². The third-order valence-electron chi connectivity index (χ3n) is 6.52. The van der Waals surface area contributed by atoms with E-state index >= 15 is 0 Å². The minimum absolute atomic E-state index is 0.0371. The van der Waals surface area contributed by atoms with Crippen LogP contribution in [0.4, 0.5) is 0 Å². The summed E-state index contributed by atoms with van der Waals surface area (Å²) in [6.07, 6.45) is 2.04. The standard InChI is InChI=1S/C28H34N6O2/c29-28(30)31-15-6-11-25-27(36)34(19-20-7-2-1-3-8-20)16-14-24(33-25)18-32-26(35)23-13-12-21-9-4-5-10-22(21)17-23/h1-5,7-10,12-13,17,24-25,33H,6,11,14-16,18-19H2,(H,32,35)(H4,29,30,31)/t24-,25-/m0/s1. The van der Waals surface area contributed by atoms with E-state index in [-0.39, 0.29) is 29.9 Å². The van der Waals surface area contributed by atoms with E-state index in [9.17, 15) is 9.59 Å². The predicted molar refractivity (Wildman–Crippen MR) is 143 cm³/mol. The van der Waals surface area contributed by atoms with Crippen molar-refractivity contribution in [2.45, 2.75) is 37.9 Å². The summed E-state index contributed by atoms with van der Waals surface area (Å²) in [6.45, 7) is 2.13. The molecule has 3 aromatic rings. The second kappa shape index (κ2) is 12.2. The molecule has 1 aliphatic rings. The third kappa shape index (κ3) is 6.82. The van der Waals surface area contributed by atoms with Crippen molar-refractivity contribution in [3.8, 4) is 0 Å². The first-order valence-electron chi connectivity index (χ1n) is 12.4. The Labute approximate surface area is 211 Å². The zero-order valence-electron chi connectivity index (χ0n) is 20.4. The number of carbonyl (C=O) groups excluding carboxylic acids is 2. The van der Waals surface area contributed by atoms with Gasteiger partial charge in [-0.3, -0.25) is 15.0 Å². The summed E-state index contributed by atoms with van der Waals surface area (Å²) in [5, 5.41) is 18.8. The van der Waals surface area contributed by atoms with Crippen LogP contribution in [-0.2, 0) is 11.3 Å². The number of nitrogens with one attached hydrogen (secondary N) is 4. The number of amides is 2. The maximum atomic E-state index is 13.4. The summed E-state index contributed by atoms with van der Waals surface area (Å²) in [5.41, 5.74) is 7.09. The van der Waals surface area contributed by atoms with E-state index < -0.39 is 0 Å². The summed E-state index contributed by atoms with van der Waals surface area (Å²) in [6, 6.07) is 23.2. The molecule has 8 heteroatoms. The summed E-state index contributed by atoms with van der Waals surface area (Å²) in [5.74, 6) is -0.137. The largest absolute Gasteiger partial charge is 0.370 e. The monoisotopic (exact) mass is 486 g/mol. The Morgan fingerprint density at radius 3 is 2.56 bits per heavy atom. The SMILES string of the molecule is N=C(N)NCCC[C@@H]1N[C@H](CNC(=O)c2ccc3ccccc3c2)CCN(Cc2ccccc2)C1=O. The van der Waals surface area contributed by atoms with Crippen molar-refractivity contribution in [3.63, 3.8) is 0 Å². The molecule has 0 bridgehead atoms. The van der Waals surface area contributed by atoms with Gasteiger partial charge in [-0.05, 0) is 47.7 Å². The number of hydrogen-bond acceptors (Lipinski definition) is 4. The average molecular weight is 487 g/mol. The number of carbonyl (C=O) groups is 2. The highest BCUT2D eigenvalue weighted by Crippen LogP contribution is 2.17. The fraction of sp³-hybridized carbons (Fsp3) is 0.321. The molecule has 0 aromatic heterocycles. The van der Waals surface area contributed by atoms with Crippen molar-refractivity contribution in [2.24, 2.45) is 5.73 Å². The highest BCUT2D eigenvalue weighted by atomic mass is 16.2. The summed E-state index contributed by atoms with van der Waals surface area (Å²) in [4.78, 5) is 28.2. The molecule has 36 heavy (non-hydrogen) atoms. The fourth-order valence-electron chi connectivity index (χ4n) is 4.59. The number of benzene rings is 3. The molecule has 3 aromatic carbocycles. The molecule has 2 amide bonds. The number of rotatable bonds is 9. The molecule has 2 atom stereocenters. The molecule has 0 radical (unpaired) electrons. The molecule has 0 unspecified atom stereocenters. The second-order valence-corrected chi connectivity index (χ2v) is 9.20. The number of nitrogens with two attached hydrogens (primary N) is 1. The Balaban J connectivity index is 1.40. The zero-order chi connectivity index (χ0) is 25.3. The van der Waals surface area contributed by atoms with Gasteiger partial charge in [-0.2, -0.15) is 0 Å². The Morgan fingerprint density at radius 2 is 1.78 bits per heavy atom. The number of nitrogens with zero attached hydrogens (tertiary/aromatic N) is 1. The van der Waals surface area contributed by atoms with E-state index in [1.165, 1.54) is 0 Å². The molecule has 1 saturated heterocycles. The second-order valence-electron chi connectivity index (χ2n) is 9.20. The Kier molecular flexibility index (Phi) is 8.52. The molecule has 6 N–H and O–H groups in total. The quantitative estimate of drug-likeness (QED) is 0.181. The van der Waals surface area contributed by atoms with Crippen molar-refractivity contribution in [1.82, 2.24) is 20.9 Å². The normalized spacial score (nSPS) is 18.0. The fourth-order valence-corrected chi connectivity index (χ4v) is 4.59. The van der Waals surface area contributed by atoms with Gasteiger partial charge in [0.15, 0.2) is 5.96 Å². The maximum Gasteiger partial charge on any atom is 0.251 e. The number of guanidine groups is 1. The van der Waals surface area contributed by atoms with E-state index in [1.54, 1.807) is 0 Å². The van der Waals surface area contributed by atoms with Crippen molar-refractivity contribution in [2.75, 3.05) is 19.6 Å². The maximum absolute atomic E-state index is 13.4. The van der Waals surface area contributed by atoms with Crippen LogP contribution in [0.25, 0.3) is 10.8 Å². The van der Waals surface area contributed by atoms with Crippen LogP contribution in [0.15, 0.2) is 72.8 Å². The number of hydrogen-bond donors (Lipinski definition) is 5. The van der Waals surface area contributed by atoms with Gasteiger partial charge in [0.1, 0.15) is 0 Å². The van der Waals surface area contributed by atoms with E-state index in [0.717, 1.165) is 22.8 Å². The minimum atomic E-state index is -0.368. The Morgan fingerprint density at radius 1 is 1.03 bits per heavy atom. The van der Waals surface area contributed by atoms with Gasteiger partial charge in [-0.15, -0.1) is 0 Å². The topological polar surface area (TPSA) is 123 Å². The van der Waals surface area contributed by atoms with Crippen LogP contribution in [0.3, 0.4) is 0 Å². The van der Waals surface area contributed by atoms with Crippen LogP contribution >= 0.6 is 0 Å². The minimum Gasteiger partial charge on any atom is -0.370 e. The molecule has 188 valence electrons. The molecular formula is C28H34N6O2. The highest BCUT2D eigenvalue weighted by Gasteiger charge is 2.30. The van der Waals surface area contributed by atoms with E-state index in [2.05, 4.69) is 16.0 Å². The van der Waals surface area contributed by atoms with E-state index in [4.69, 9.17) is 11.1 Å². The molecule has 8 nitrogen and oxygen atoms in total. The summed E-state index contributed by atoms with van der Waals surface area (Å²) < 4.78 is 0. The van der Waals surface area contributed by atoms with Gasteiger partial charge in [0.2, 0.25) is 5.91 Å². The smallest absolute Gasteiger partial charge is 0.251 e. The molecule has 1 heterocycles. The van der Waals surface area contributed by atoms with Gasteiger partial charge in [0.25, 0.3) is 5.91 Å². The Hall–Kier alpha value is -3.91. The van der Waals surface area contributed by atoms with Crippen molar-refractivity contribution in [1.29, 1.82) is 5.41 Å². The van der Waals surface area contributed by atoms with Gasteiger partial charge in [-0.25, -0.2) is 0 Å². The first-order chi connectivity index (χ1) is 17.5. The van der Waals surface area contributed by atoms with Crippen LogP contribution in [0.1, 0.15) is 35.2 Å². The molecule has 1 fully saturated rings. The lowest BCUT2D eigenvalue weighted by Crippen LogP contribution is -2.49. The van der Waals surface area contributed by atoms with Crippen LogP contribution in [0, 0.1) is 5.41 Å². The molecule has 0 saturated carbocycles. The lowest BCUT2D eigenvalue weighted by Gasteiger charge is -2.25. The average Bonchev–Trinajstić information content (AvgIpc) is 3.04. The molecule has 1 aliphatic heterocycles. The number of fused-ring (bicyclic) bond motifs is 1. The lowest BCUT2D eigenvalue weighted by molar-refractivity contribution is -0.133. The van der Waals surface area contributed by atoms with Crippen molar-refractivity contribution in [3.05, 3.63) is 83.9 Å². The highest BCUT2D eigenvalue weighted by molar-refractivity contribution is 5.98. The van der Waals surface area contributed by atoms with Crippen LogP contribution in [0.5, 0.6) is 0 Å². The first-order valence-corrected chi connectivity index (χ1v) is 12.4. The summed E-state index contributed by atoms with van der Waals surface area (Å²) >= 11 is 0. The molecule has 0 aliphatic carbocycles. The van der Waals surface area contributed by atoms with Crippen molar-refractivity contribution >= 4 is 28.5 Å². The first kappa shape index (κ1) is 25.2. The molecule has 4 rings (SSSR count). The van der Waals surface area contributed by atoms with Crippen LogP contribution in [-0.4, -0.2) is 54.4 Å². The van der Waals surface area contributed by atoms with Crippen LogP contribution < -0.4 is 21.7 Å². The molecular weight excluding hydrogens is 452 g/mol. The van der Waals surface area contributed by atoms with Gasteiger partial charge in [-0.1, -0.05) is 60.7 Å². The van der Waals surface area contributed by atoms with Gasteiger partial charge in [0, 0.05) is 37.8 Å². The van der Waals surface area contributed by atoms with Crippen molar-refractivity contribution < 1.29 is 9.59 Å². The van der Waals surface area contributed by atoms with E-state index in [1.807, 2.05) is 77.7 Å². The van der Waals surface area contributed by atoms with Gasteiger partial charge in [0.05, 0.1) is 6.04 Å². The molecule has 0 spiro atoms. The van der Waals surface area contributed by atoms with E-state index in [0.29, 0.717) is 44.6 Å². The van der Waals surface area contributed by atoms with Gasteiger partial charge >= 0.3 is 0 Å². The Bertz CT molecular complexity index is 1200. The zero-order valence-corrected chi connectivity index (χ0v) is 20.4. The summed E-state index contributed by atoms with van der Waals surface area (Å²) in [7, 11) is 0. The van der Waals surface area contributed by atoms with Crippen LogP contribution in [0.2, 0.25) is 0 Å². The predicted octanol–water partition coefficient (Wildman–Crippen LogP) is 2.59. The third-order valence-corrected chi connectivity index (χ3v) is 6.52.